The molecule has 0 saturated heterocycles. The first-order valence-electron chi connectivity index (χ1n) is 6.25. The summed E-state index contributed by atoms with van der Waals surface area (Å²) in [6.45, 7) is 1.87. The molecule has 0 bridgehead atoms. The van der Waals surface area contributed by atoms with Crippen LogP contribution in [0.25, 0.3) is 5.69 Å². The van der Waals surface area contributed by atoms with Crippen molar-refractivity contribution >= 4 is 0 Å². The van der Waals surface area contributed by atoms with Gasteiger partial charge in [0, 0.05) is 18.3 Å². The van der Waals surface area contributed by atoms with Crippen molar-refractivity contribution in [2.45, 2.75) is 19.6 Å². The van der Waals surface area contributed by atoms with Gasteiger partial charge >= 0.3 is 6.18 Å². The molecule has 4 nitrogen and oxygen atoms in total. The van der Waals surface area contributed by atoms with E-state index in [0.717, 1.165) is 12.1 Å². The quantitative estimate of drug-likeness (QED) is 0.945. The van der Waals surface area contributed by atoms with E-state index in [1.54, 1.807) is 14.0 Å². The number of benzene rings is 1. The molecular weight excluding hydrogens is 283 g/mol. The van der Waals surface area contributed by atoms with E-state index in [1.807, 2.05) is 0 Å². The maximum absolute atomic E-state index is 12.8. The molecule has 0 fully saturated rings. The number of hydrogen-bond donors (Lipinski definition) is 1. The monoisotopic (exact) mass is 297 g/mol. The first-order valence-corrected chi connectivity index (χ1v) is 6.25. The Morgan fingerprint density at radius 3 is 2.62 bits per heavy atom. The lowest BCUT2D eigenvalue weighted by atomic mass is 10.2. The molecule has 21 heavy (non-hydrogen) atoms. The number of rotatable bonds is 3. The van der Waals surface area contributed by atoms with Gasteiger partial charge in [-0.05, 0) is 32.2 Å². The Kier molecular flexibility index (Phi) is 4.13. The molecule has 2 aromatic rings. The van der Waals surface area contributed by atoms with Crippen LogP contribution in [-0.2, 0) is 12.7 Å². The van der Waals surface area contributed by atoms with Gasteiger partial charge in [-0.25, -0.2) is 4.68 Å². The van der Waals surface area contributed by atoms with Crippen LogP contribution in [-0.4, -0.2) is 16.8 Å². The molecule has 0 unspecified atom stereocenters. The van der Waals surface area contributed by atoms with Crippen LogP contribution >= 0.6 is 0 Å². The molecular formula is C14H14F3N3O. The number of alkyl halides is 3. The average Bonchev–Trinajstić information content (AvgIpc) is 2.41. The second-order valence-corrected chi connectivity index (χ2v) is 4.59. The second kappa shape index (κ2) is 5.69. The zero-order valence-electron chi connectivity index (χ0n) is 11.5. The molecule has 1 heterocycles. The summed E-state index contributed by atoms with van der Waals surface area (Å²) in [7, 11) is 1.66. The Labute approximate surface area is 119 Å². The summed E-state index contributed by atoms with van der Waals surface area (Å²) >= 11 is 0. The van der Waals surface area contributed by atoms with Crippen LogP contribution in [0, 0.1) is 6.92 Å². The third kappa shape index (κ3) is 3.30. The van der Waals surface area contributed by atoms with Gasteiger partial charge in [-0.2, -0.15) is 18.3 Å². The van der Waals surface area contributed by atoms with Crippen LogP contribution in [0.2, 0.25) is 0 Å². The molecule has 1 N–H and O–H groups in total. The minimum Gasteiger partial charge on any atom is -0.314 e. The van der Waals surface area contributed by atoms with Gasteiger partial charge in [0.2, 0.25) is 5.43 Å². The van der Waals surface area contributed by atoms with Crippen LogP contribution in [0.5, 0.6) is 0 Å². The molecule has 112 valence electrons. The molecule has 0 aliphatic carbocycles. The summed E-state index contributed by atoms with van der Waals surface area (Å²) in [6.07, 6.45) is -4.42. The van der Waals surface area contributed by atoms with Gasteiger partial charge in [-0.3, -0.25) is 4.79 Å². The first-order chi connectivity index (χ1) is 9.82. The largest absolute Gasteiger partial charge is 0.416 e. The van der Waals surface area contributed by atoms with E-state index in [4.69, 9.17) is 0 Å². The number of nitrogens with one attached hydrogen (secondary N) is 1. The number of halogens is 3. The molecule has 7 heteroatoms. The van der Waals surface area contributed by atoms with Gasteiger partial charge < -0.3 is 5.32 Å². The summed E-state index contributed by atoms with van der Waals surface area (Å²) < 4.78 is 39.6. The number of hydrogen-bond acceptors (Lipinski definition) is 3. The molecule has 0 amide bonds. The predicted molar refractivity (Wildman–Crippen MR) is 72.3 cm³/mol. The summed E-state index contributed by atoms with van der Waals surface area (Å²) in [5.74, 6) is 0. The van der Waals surface area contributed by atoms with Crippen molar-refractivity contribution in [1.29, 1.82) is 0 Å². The standard InChI is InChI=1S/C14H14F3N3O/c1-9-6-13(21)12(8-18-2)19-20(9)11-5-3-4-10(7-11)14(15,16)17/h3-7,18H,8H2,1-2H3. The Morgan fingerprint density at radius 2 is 2.00 bits per heavy atom. The normalized spacial score (nSPS) is 11.7. The zero-order valence-corrected chi connectivity index (χ0v) is 11.5. The first kappa shape index (κ1) is 15.2. The van der Waals surface area contributed by atoms with Crippen molar-refractivity contribution in [1.82, 2.24) is 15.1 Å². The fraction of sp³-hybridized carbons (Fsp3) is 0.286. The SMILES string of the molecule is CNCc1nn(-c2cccc(C(F)(F)F)c2)c(C)cc1=O. The lowest BCUT2D eigenvalue weighted by molar-refractivity contribution is -0.137. The van der Waals surface area contributed by atoms with Crippen LogP contribution in [0.4, 0.5) is 13.2 Å². The lowest BCUT2D eigenvalue weighted by Gasteiger charge is -2.13. The maximum Gasteiger partial charge on any atom is 0.416 e. The van der Waals surface area contributed by atoms with E-state index in [-0.39, 0.29) is 23.4 Å². The highest BCUT2D eigenvalue weighted by molar-refractivity contribution is 5.37. The Morgan fingerprint density at radius 1 is 1.29 bits per heavy atom. The van der Waals surface area contributed by atoms with Crippen LogP contribution < -0.4 is 10.7 Å². The van der Waals surface area contributed by atoms with E-state index in [9.17, 15) is 18.0 Å². The smallest absolute Gasteiger partial charge is 0.314 e. The van der Waals surface area contributed by atoms with Crippen molar-refractivity contribution in [3.05, 3.63) is 57.5 Å². The number of nitrogens with zero attached hydrogens (tertiary/aromatic N) is 2. The third-order valence-corrected chi connectivity index (χ3v) is 2.94. The number of aryl methyl sites for hydroxylation is 1. The van der Waals surface area contributed by atoms with Gasteiger partial charge in [-0.15, -0.1) is 0 Å². The minimum absolute atomic E-state index is 0.245. The third-order valence-electron chi connectivity index (χ3n) is 2.94. The highest BCUT2D eigenvalue weighted by Gasteiger charge is 2.30. The van der Waals surface area contributed by atoms with E-state index in [2.05, 4.69) is 10.4 Å². The molecule has 0 atom stereocenters. The van der Waals surface area contributed by atoms with E-state index in [1.165, 1.54) is 22.9 Å². The van der Waals surface area contributed by atoms with Crippen molar-refractivity contribution < 1.29 is 13.2 Å². The van der Waals surface area contributed by atoms with Crippen LogP contribution in [0.15, 0.2) is 35.1 Å². The Hall–Kier alpha value is -2.15. The fourth-order valence-corrected chi connectivity index (χ4v) is 1.95. The predicted octanol–water partition coefficient (Wildman–Crippen LogP) is 2.28. The summed E-state index contributed by atoms with van der Waals surface area (Å²) in [4.78, 5) is 11.7. The molecule has 0 aliphatic heterocycles. The molecule has 2 rings (SSSR count). The van der Waals surface area contributed by atoms with Crippen molar-refractivity contribution in [3.63, 3.8) is 0 Å². The van der Waals surface area contributed by atoms with E-state index < -0.39 is 11.7 Å². The summed E-state index contributed by atoms with van der Waals surface area (Å²) in [5, 5.41) is 6.93. The zero-order chi connectivity index (χ0) is 15.6. The van der Waals surface area contributed by atoms with Crippen molar-refractivity contribution in [2.24, 2.45) is 0 Å². The molecule has 1 aromatic heterocycles. The average molecular weight is 297 g/mol. The lowest BCUT2D eigenvalue weighted by Crippen LogP contribution is -2.23. The van der Waals surface area contributed by atoms with Gasteiger partial charge in [0.25, 0.3) is 0 Å². The topological polar surface area (TPSA) is 46.9 Å². The van der Waals surface area contributed by atoms with Crippen LogP contribution in [0.3, 0.4) is 0 Å². The number of aromatic nitrogens is 2. The van der Waals surface area contributed by atoms with E-state index in [0.29, 0.717) is 5.69 Å². The molecule has 0 saturated carbocycles. The molecule has 0 radical (unpaired) electrons. The summed E-state index contributed by atoms with van der Waals surface area (Å²) in [6, 6.07) is 6.20. The Balaban J connectivity index is 2.56. The van der Waals surface area contributed by atoms with Gasteiger partial charge in [0.15, 0.2) is 0 Å². The molecule has 0 aliphatic rings. The fourth-order valence-electron chi connectivity index (χ4n) is 1.95. The highest BCUT2D eigenvalue weighted by atomic mass is 19.4. The van der Waals surface area contributed by atoms with Crippen molar-refractivity contribution in [3.8, 4) is 5.69 Å². The molecule has 1 aromatic carbocycles. The maximum atomic E-state index is 12.8. The molecule has 0 spiro atoms. The van der Waals surface area contributed by atoms with Gasteiger partial charge in [-0.1, -0.05) is 6.07 Å². The second-order valence-electron chi connectivity index (χ2n) is 4.59. The van der Waals surface area contributed by atoms with Crippen LogP contribution in [0.1, 0.15) is 17.0 Å². The highest BCUT2D eigenvalue weighted by Crippen LogP contribution is 2.30. The van der Waals surface area contributed by atoms with Gasteiger partial charge in [0.1, 0.15) is 5.69 Å². The van der Waals surface area contributed by atoms with E-state index >= 15 is 0 Å². The summed E-state index contributed by atoms with van der Waals surface area (Å²) in [5.41, 5.74) is -0.0143. The Bertz CT molecular complexity index is 707. The minimum atomic E-state index is -4.42. The van der Waals surface area contributed by atoms with Gasteiger partial charge in [0.05, 0.1) is 11.3 Å². The van der Waals surface area contributed by atoms with Crippen molar-refractivity contribution in [2.75, 3.05) is 7.05 Å².